The zero-order valence-corrected chi connectivity index (χ0v) is 12.4. The molecule has 0 amide bonds. The molecule has 98 valence electrons. The summed E-state index contributed by atoms with van der Waals surface area (Å²) in [5, 5.41) is 3.63. The predicted octanol–water partition coefficient (Wildman–Crippen LogP) is 4.23. The smallest absolute Gasteiger partial charge is 0.124 e. The molecule has 1 aliphatic heterocycles. The summed E-state index contributed by atoms with van der Waals surface area (Å²) in [4.78, 5) is 0. The first-order valence-corrected chi connectivity index (χ1v) is 7.26. The number of benzene rings is 2. The molecule has 0 fully saturated rings. The molecule has 1 N–H and O–H groups in total. The number of hydrogen-bond donors (Lipinski definition) is 1. The summed E-state index contributed by atoms with van der Waals surface area (Å²) >= 11 is 3.52. The van der Waals surface area contributed by atoms with Crippen LogP contribution in [-0.2, 0) is 0 Å². The van der Waals surface area contributed by atoms with Crippen LogP contribution in [0.15, 0.2) is 53.0 Å². The van der Waals surface area contributed by atoms with Crippen molar-refractivity contribution < 1.29 is 4.74 Å². The van der Waals surface area contributed by atoms with E-state index in [0.717, 1.165) is 10.2 Å². The molecule has 1 heterocycles. The Kier molecular flexibility index (Phi) is 3.58. The SMILES string of the molecule is CC(NC1COc2ccccc21)c1cccc(Br)c1. The van der Waals surface area contributed by atoms with Crippen LogP contribution in [-0.4, -0.2) is 6.61 Å². The van der Waals surface area contributed by atoms with Gasteiger partial charge in [0.1, 0.15) is 12.4 Å². The largest absolute Gasteiger partial charge is 0.491 e. The van der Waals surface area contributed by atoms with Gasteiger partial charge in [0.2, 0.25) is 0 Å². The topological polar surface area (TPSA) is 21.3 Å². The Morgan fingerprint density at radius 1 is 1.21 bits per heavy atom. The Hall–Kier alpha value is -1.32. The molecule has 2 atom stereocenters. The number of ether oxygens (including phenoxy) is 1. The van der Waals surface area contributed by atoms with Crippen LogP contribution in [0.3, 0.4) is 0 Å². The Labute approximate surface area is 121 Å². The zero-order chi connectivity index (χ0) is 13.2. The molecule has 0 saturated heterocycles. The molecular weight excluding hydrogens is 302 g/mol. The van der Waals surface area contributed by atoms with Crippen LogP contribution >= 0.6 is 15.9 Å². The van der Waals surface area contributed by atoms with Gasteiger partial charge in [0.15, 0.2) is 0 Å². The van der Waals surface area contributed by atoms with Crippen molar-refractivity contribution in [3.8, 4) is 5.75 Å². The minimum absolute atomic E-state index is 0.269. The molecule has 2 unspecified atom stereocenters. The minimum Gasteiger partial charge on any atom is -0.491 e. The summed E-state index contributed by atoms with van der Waals surface area (Å²) in [5.74, 6) is 1.00. The molecule has 3 heteroatoms. The highest BCUT2D eigenvalue weighted by Crippen LogP contribution is 2.33. The van der Waals surface area contributed by atoms with E-state index in [1.54, 1.807) is 0 Å². The fraction of sp³-hybridized carbons (Fsp3) is 0.250. The number of para-hydroxylation sites is 1. The quantitative estimate of drug-likeness (QED) is 0.914. The van der Waals surface area contributed by atoms with Crippen molar-refractivity contribution in [1.82, 2.24) is 5.32 Å². The molecule has 0 spiro atoms. The van der Waals surface area contributed by atoms with Crippen LogP contribution in [0.25, 0.3) is 0 Å². The Balaban J connectivity index is 1.76. The normalized spacial score (nSPS) is 18.7. The number of halogens is 1. The average Bonchev–Trinajstić information content (AvgIpc) is 2.82. The number of hydrogen-bond acceptors (Lipinski definition) is 2. The Morgan fingerprint density at radius 3 is 2.89 bits per heavy atom. The van der Waals surface area contributed by atoms with Crippen molar-refractivity contribution in [2.75, 3.05) is 6.61 Å². The number of fused-ring (bicyclic) bond motifs is 1. The van der Waals surface area contributed by atoms with Gasteiger partial charge in [0, 0.05) is 16.1 Å². The first kappa shape index (κ1) is 12.7. The van der Waals surface area contributed by atoms with Crippen LogP contribution in [0.1, 0.15) is 30.1 Å². The van der Waals surface area contributed by atoms with Crippen molar-refractivity contribution in [2.45, 2.75) is 19.0 Å². The van der Waals surface area contributed by atoms with E-state index in [2.05, 4.69) is 58.5 Å². The summed E-state index contributed by atoms with van der Waals surface area (Å²) in [6.45, 7) is 2.89. The molecule has 0 bridgehead atoms. The molecule has 0 radical (unpaired) electrons. The number of nitrogens with one attached hydrogen (secondary N) is 1. The van der Waals surface area contributed by atoms with Crippen LogP contribution in [0.4, 0.5) is 0 Å². The van der Waals surface area contributed by atoms with Crippen LogP contribution in [0, 0.1) is 0 Å². The van der Waals surface area contributed by atoms with Crippen LogP contribution in [0.5, 0.6) is 5.75 Å². The first-order chi connectivity index (χ1) is 9.24. The van der Waals surface area contributed by atoms with Gasteiger partial charge >= 0.3 is 0 Å². The first-order valence-electron chi connectivity index (χ1n) is 6.47. The Bertz CT molecular complexity index is 584. The Morgan fingerprint density at radius 2 is 2.05 bits per heavy atom. The maximum absolute atomic E-state index is 5.70. The molecule has 0 aromatic heterocycles. The summed E-state index contributed by atoms with van der Waals surface area (Å²) in [7, 11) is 0. The standard InChI is InChI=1S/C16H16BrNO/c1-11(12-5-4-6-13(17)9-12)18-15-10-19-16-8-3-2-7-14(15)16/h2-9,11,15,18H,10H2,1H3. The third-order valence-electron chi connectivity index (χ3n) is 3.50. The van der Waals surface area contributed by atoms with E-state index in [-0.39, 0.29) is 12.1 Å². The van der Waals surface area contributed by atoms with Gasteiger partial charge in [-0.15, -0.1) is 0 Å². The third-order valence-corrected chi connectivity index (χ3v) is 3.99. The van der Waals surface area contributed by atoms with Crippen molar-refractivity contribution in [1.29, 1.82) is 0 Å². The summed E-state index contributed by atoms with van der Waals surface area (Å²) < 4.78 is 6.81. The van der Waals surface area contributed by atoms with Crippen molar-refractivity contribution in [3.05, 3.63) is 64.1 Å². The van der Waals surface area contributed by atoms with Crippen LogP contribution in [0.2, 0.25) is 0 Å². The summed E-state index contributed by atoms with van der Waals surface area (Å²) in [6.07, 6.45) is 0. The van der Waals surface area contributed by atoms with Gasteiger partial charge in [-0.1, -0.05) is 46.3 Å². The van der Waals surface area contributed by atoms with Gasteiger partial charge in [-0.2, -0.15) is 0 Å². The fourth-order valence-corrected chi connectivity index (χ4v) is 2.89. The maximum Gasteiger partial charge on any atom is 0.124 e. The second-order valence-electron chi connectivity index (χ2n) is 4.84. The van der Waals surface area contributed by atoms with E-state index in [1.807, 2.05) is 18.2 Å². The molecule has 2 aromatic rings. The fourth-order valence-electron chi connectivity index (χ4n) is 2.47. The lowest BCUT2D eigenvalue weighted by molar-refractivity contribution is 0.301. The van der Waals surface area contributed by atoms with E-state index in [1.165, 1.54) is 11.1 Å². The molecule has 0 aliphatic carbocycles. The lowest BCUT2D eigenvalue weighted by Crippen LogP contribution is -2.25. The van der Waals surface area contributed by atoms with Gasteiger partial charge in [-0.25, -0.2) is 0 Å². The van der Waals surface area contributed by atoms with E-state index in [9.17, 15) is 0 Å². The van der Waals surface area contributed by atoms with Crippen molar-refractivity contribution >= 4 is 15.9 Å². The van der Waals surface area contributed by atoms with Crippen molar-refractivity contribution in [3.63, 3.8) is 0 Å². The highest BCUT2D eigenvalue weighted by Gasteiger charge is 2.24. The monoisotopic (exact) mass is 317 g/mol. The van der Waals surface area contributed by atoms with E-state index in [0.29, 0.717) is 6.61 Å². The highest BCUT2D eigenvalue weighted by molar-refractivity contribution is 9.10. The molecule has 2 nitrogen and oxygen atoms in total. The maximum atomic E-state index is 5.70. The third kappa shape index (κ3) is 2.67. The van der Waals surface area contributed by atoms with Gasteiger partial charge in [0.05, 0.1) is 6.04 Å². The van der Waals surface area contributed by atoms with E-state index in [4.69, 9.17) is 4.74 Å². The summed E-state index contributed by atoms with van der Waals surface area (Å²) in [6, 6.07) is 17.2. The molecule has 19 heavy (non-hydrogen) atoms. The lowest BCUT2D eigenvalue weighted by Gasteiger charge is -2.19. The second-order valence-corrected chi connectivity index (χ2v) is 5.76. The number of rotatable bonds is 3. The highest BCUT2D eigenvalue weighted by atomic mass is 79.9. The minimum atomic E-state index is 0.269. The van der Waals surface area contributed by atoms with Crippen LogP contribution < -0.4 is 10.1 Å². The summed E-state index contributed by atoms with van der Waals surface area (Å²) in [5.41, 5.74) is 2.53. The molecule has 0 saturated carbocycles. The van der Waals surface area contributed by atoms with Gasteiger partial charge < -0.3 is 10.1 Å². The average molecular weight is 318 g/mol. The van der Waals surface area contributed by atoms with E-state index < -0.39 is 0 Å². The van der Waals surface area contributed by atoms with Gasteiger partial charge in [-0.3, -0.25) is 0 Å². The molecule has 3 rings (SSSR count). The zero-order valence-electron chi connectivity index (χ0n) is 10.8. The predicted molar refractivity (Wildman–Crippen MR) is 80.4 cm³/mol. The van der Waals surface area contributed by atoms with E-state index >= 15 is 0 Å². The van der Waals surface area contributed by atoms with Gasteiger partial charge in [-0.05, 0) is 30.7 Å². The lowest BCUT2D eigenvalue weighted by atomic mass is 10.0. The van der Waals surface area contributed by atoms with Crippen molar-refractivity contribution in [2.24, 2.45) is 0 Å². The second kappa shape index (κ2) is 5.35. The molecular formula is C16H16BrNO. The molecule has 2 aromatic carbocycles. The molecule has 1 aliphatic rings. The van der Waals surface area contributed by atoms with Gasteiger partial charge in [0.25, 0.3) is 0 Å².